The van der Waals surface area contributed by atoms with Gasteiger partial charge in [-0.2, -0.15) is 0 Å². The summed E-state index contributed by atoms with van der Waals surface area (Å²) in [6, 6.07) is 4.81. The van der Waals surface area contributed by atoms with Crippen molar-refractivity contribution in [1.29, 1.82) is 0 Å². The largest absolute Gasteiger partial charge is 0.346 e. The highest BCUT2D eigenvalue weighted by Gasteiger charge is 2.24. The fourth-order valence-electron chi connectivity index (χ4n) is 3.37. The summed E-state index contributed by atoms with van der Waals surface area (Å²) in [5.74, 6) is 1.68. The van der Waals surface area contributed by atoms with Crippen LogP contribution in [-0.4, -0.2) is 16.0 Å². The molecule has 0 aliphatic heterocycles. The van der Waals surface area contributed by atoms with Gasteiger partial charge in [0, 0.05) is 30.4 Å². The van der Waals surface area contributed by atoms with Crippen LogP contribution in [0.5, 0.6) is 0 Å². The Balaban J connectivity index is 1.66. The summed E-state index contributed by atoms with van der Waals surface area (Å²) in [7, 11) is 0. The van der Waals surface area contributed by atoms with Crippen LogP contribution in [0.1, 0.15) is 38.7 Å². The molecule has 2 aromatic rings. The van der Waals surface area contributed by atoms with Crippen molar-refractivity contribution in [2.75, 3.05) is 0 Å². The number of H-pyrrole nitrogens is 1. The van der Waals surface area contributed by atoms with Crippen molar-refractivity contribution in [3.05, 3.63) is 30.1 Å². The number of rotatable bonds is 3. The molecule has 0 bridgehead atoms. The Kier molecular flexibility index (Phi) is 3.56. The van der Waals surface area contributed by atoms with Gasteiger partial charge in [-0.05, 0) is 48.8 Å². The number of aromatic amines is 1. The summed E-state index contributed by atoms with van der Waals surface area (Å²) >= 11 is 0. The van der Waals surface area contributed by atoms with Gasteiger partial charge in [-0.1, -0.05) is 13.8 Å². The lowest BCUT2D eigenvalue weighted by molar-refractivity contribution is 0.227. The molecule has 2 N–H and O–H groups in total. The average molecular weight is 257 g/mol. The number of aromatic nitrogens is 2. The topological polar surface area (TPSA) is 40.7 Å². The highest BCUT2D eigenvalue weighted by molar-refractivity contribution is 5.79. The van der Waals surface area contributed by atoms with Crippen molar-refractivity contribution in [1.82, 2.24) is 15.3 Å². The zero-order valence-corrected chi connectivity index (χ0v) is 11.8. The van der Waals surface area contributed by atoms with Crippen LogP contribution in [0.2, 0.25) is 0 Å². The molecule has 0 amide bonds. The molecule has 1 fully saturated rings. The van der Waals surface area contributed by atoms with E-state index in [0.29, 0.717) is 6.04 Å². The molecule has 3 atom stereocenters. The Morgan fingerprint density at radius 3 is 3.11 bits per heavy atom. The molecule has 102 valence electrons. The lowest BCUT2D eigenvalue weighted by Gasteiger charge is -2.33. The van der Waals surface area contributed by atoms with Gasteiger partial charge in [-0.3, -0.25) is 0 Å². The van der Waals surface area contributed by atoms with Crippen LogP contribution in [0.25, 0.3) is 11.0 Å². The van der Waals surface area contributed by atoms with E-state index in [1.807, 2.05) is 12.3 Å². The molecule has 2 aromatic heterocycles. The molecule has 0 aromatic carbocycles. The second kappa shape index (κ2) is 5.33. The maximum absolute atomic E-state index is 4.34. The zero-order valence-electron chi connectivity index (χ0n) is 11.8. The van der Waals surface area contributed by atoms with E-state index < -0.39 is 0 Å². The highest BCUT2D eigenvalue weighted by atomic mass is 14.9. The van der Waals surface area contributed by atoms with E-state index in [1.165, 1.54) is 30.2 Å². The number of fused-ring (bicyclic) bond motifs is 1. The van der Waals surface area contributed by atoms with Crippen LogP contribution in [0, 0.1) is 11.8 Å². The SMILES string of the molecule is CC1CCC(NCc2c[nH]c3ncccc23)C(C)C1. The molecule has 3 unspecified atom stereocenters. The second-order valence-electron chi connectivity index (χ2n) is 6.10. The number of hydrogen-bond donors (Lipinski definition) is 2. The molecule has 1 aliphatic rings. The molecular weight excluding hydrogens is 234 g/mol. The van der Waals surface area contributed by atoms with Gasteiger partial charge in [0.2, 0.25) is 0 Å². The predicted molar refractivity (Wildman–Crippen MR) is 78.9 cm³/mol. The van der Waals surface area contributed by atoms with Crippen molar-refractivity contribution in [2.24, 2.45) is 11.8 Å². The second-order valence-corrected chi connectivity index (χ2v) is 6.10. The van der Waals surface area contributed by atoms with Crippen LogP contribution < -0.4 is 5.32 Å². The summed E-state index contributed by atoms with van der Waals surface area (Å²) in [6.07, 6.45) is 7.94. The van der Waals surface area contributed by atoms with E-state index >= 15 is 0 Å². The third-order valence-electron chi connectivity index (χ3n) is 4.52. The number of nitrogens with zero attached hydrogens (tertiary/aromatic N) is 1. The smallest absolute Gasteiger partial charge is 0.137 e. The van der Waals surface area contributed by atoms with E-state index in [1.54, 1.807) is 0 Å². The Hall–Kier alpha value is -1.35. The molecule has 1 aliphatic carbocycles. The third kappa shape index (κ3) is 2.66. The van der Waals surface area contributed by atoms with E-state index in [2.05, 4.69) is 41.4 Å². The van der Waals surface area contributed by atoms with E-state index in [4.69, 9.17) is 0 Å². The lowest BCUT2D eigenvalue weighted by atomic mass is 9.80. The van der Waals surface area contributed by atoms with Crippen LogP contribution in [0.3, 0.4) is 0 Å². The molecule has 19 heavy (non-hydrogen) atoms. The van der Waals surface area contributed by atoms with Crippen molar-refractivity contribution >= 4 is 11.0 Å². The molecule has 0 saturated heterocycles. The monoisotopic (exact) mass is 257 g/mol. The van der Waals surface area contributed by atoms with Gasteiger partial charge in [0.25, 0.3) is 0 Å². The summed E-state index contributed by atoms with van der Waals surface area (Å²) in [5, 5.41) is 4.98. The molecule has 0 radical (unpaired) electrons. The predicted octanol–water partition coefficient (Wildman–Crippen LogP) is 3.48. The van der Waals surface area contributed by atoms with Gasteiger partial charge in [-0.15, -0.1) is 0 Å². The summed E-state index contributed by atoms with van der Waals surface area (Å²) < 4.78 is 0. The highest BCUT2D eigenvalue weighted by Crippen LogP contribution is 2.29. The molecule has 3 nitrogen and oxygen atoms in total. The normalized spacial score (nSPS) is 27.8. The molecular formula is C16H23N3. The first-order chi connectivity index (χ1) is 9.24. The standard InChI is InChI=1S/C16H23N3/c1-11-5-6-15(12(2)8-11)18-9-13-10-19-16-14(13)4-3-7-17-16/h3-4,7,10-12,15,18H,5-6,8-9H2,1-2H3,(H,17,19). The van der Waals surface area contributed by atoms with Crippen molar-refractivity contribution in [3.63, 3.8) is 0 Å². The first-order valence-corrected chi connectivity index (χ1v) is 7.38. The van der Waals surface area contributed by atoms with Crippen molar-refractivity contribution in [2.45, 2.75) is 45.7 Å². The van der Waals surface area contributed by atoms with E-state index in [-0.39, 0.29) is 0 Å². The van der Waals surface area contributed by atoms with Gasteiger partial charge >= 0.3 is 0 Å². The number of hydrogen-bond acceptors (Lipinski definition) is 2. The van der Waals surface area contributed by atoms with Gasteiger partial charge in [0.05, 0.1) is 0 Å². The minimum Gasteiger partial charge on any atom is -0.346 e. The van der Waals surface area contributed by atoms with Crippen LogP contribution in [-0.2, 0) is 6.54 Å². The molecule has 3 rings (SSSR count). The first kappa shape index (κ1) is 12.7. The van der Waals surface area contributed by atoms with Gasteiger partial charge in [0.15, 0.2) is 0 Å². The maximum atomic E-state index is 4.34. The Morgan fingerprint density at radius 1 is 1.37 bits per heavy atom. The van der Waals surface area contributed by atoms with Gasteiger partial charge in [-0.25, -0.2) is 4.98 Å². The van der Waals surface area contributed by atoms with Crippen molar-refractivity contribution < 1.29 is 0 Å². The van der Waals surface area contributed by atoms with Crippen LogP contribution in [0.15, 0.2) is 24.5 Å². The van der Waals surface area contributed by atoms with E-state index in [9.17, 15) is 0 Å². The molecule has 0 spiro atoms. The quantitative estimate of drug-likeness (QED) is 0.884. The van der Waals surface area contributed by atoms with Gasteiger partial charge < -0.3 is 10.3 Å². The number of pyridine rings is 1. The average Bonchev–Trinajstić information content (AvgIpc) is 2.81. The summed E-state index contributed by atoms with van der Waals surface area (Å²) in [6.45, 7) is 5.69. The maximum Gasteiger partial charge on any atom is 0.137 e. The van der Waals surface area contributed by atoms with E-state index in [0.717, 1.165) is 24.0 Å². The third-order valence-corrected chi connectivity index (χ3v) is 4.52. The lowest BCUT2D eigenvalue weighted by Crippen LogP contribution is -2.38. The van der Waals surface area contributed by atoms with Crippen LogP contribution >= 0.6 is 0 Å². The van der Waals surface area contributed by atoms with Crippen molar-refractivity contribution in [3.8, 4) is 0 Å². The summed E-state index contributed by atoms with van der Waals surface area (Å²) in [5.41, 5.74) is 2.32. The minimum atomic E-state index is 0.665. The molecule has 3 heteroatoms. The Bertz CT molecular complexity index is 546. The molecule has 2 heterocycles. The first-order valence-electron chi connectivity index (χ1n) is 7.38. The zero-order chi connectivity index (χ0) is 13.2. The summed E-state index contributed by atoms with van der Waals surface area (Å²) in [4.78, 5) is 7.58. The van der Waals surface area contributed by atoms with Crippen LogP contribution in [0.4, 0.5) is 0 Å². The fraction of sp³-hybridized carbons (Fsp3) is 0.562. The minimum absolute atomic E-state index is 0.665. The van der Waals surface area contributed by atoms with Gasteiger partial charge in [0.1, 0.15) is 5.65 Å². The fourth-order valence-corrected chi connectivity index (χ4v) is 3.37. The Morgan fingerprint density at radius 2 is 2.26 bits per heavy atom. The Labute approximate surface area is 114 Å². The number of nitrogens with one attached hydrogen (secondary N) is 2. The molecule has 1 saturated carbocycles.